The Bertz CT molecular complexity index is 2470. The molecule has 0 aliphatic heterocycles. The molecular formula is C81H134O17P2. The zero-order valence-electron chi connectivity index (χ0n) is 62.1. The number of unbranched alkanes of at least 4 members (excludes halogenated alkanes) is 20. The van der Waals surface area contributed by atoms with E-state index in [-0.39, 0.29) is 25.7 Å². The zero-order chi connectivity index (χ0) is 73.2. The van der Waals surface area contributed by atoms with Crippen molar-refractivity contribution in [3.8, 4) is 0 Å². The molecule has 0 radical (unpaired) electrons. The largest absolute Gasteiger partial charge is 0.472 e. The minimum absolute atomic E-state index is 0.0661. The zero-order valence-corrected chi connectivity index (χ0v) is 63.9. The van der Waals surface area contributed by atoms with Crippen molar-refractivity contribution in [3.05, 3.63) is 146 Å². The van der Waals surface area contributed by atoms with Gasteiger partial charge in [0.05, 0.1) is 26.4 Å². The molecule has 0 aromatic carbocycles. The van der Waals surface area contributed by atoms with E-state index in [1.54, 1.807) is 0 Å². The number of carbonyl (C=O) groups excluding carboxylic acids is 4. The predicted octanol–water partition coefficient (Wildman–Crippen LogP) is 21.9. The van der Waals surface area contributed by atoms with Crippen LogP contribution in [-0.2, 0) is 65.4 Å². The Balaban J connectivity index is 5.44. The van der Waals surface area contributed by atoms with Crippen LogP contribution in [0.1, 0.15) is 285 Å². The number of esters is 4. The van der Waals surface area contributed by atoms with E-state index in [1.807, 2.05) is 12.2 Å². The number of carbonyl (C=O) groups is 4. The van der Waals surface area contributed by atoms with Crippen LogP contribution in [-0.4, -0.2) is 96.7 Å². The highest BCUT2D eigenvalue weighted by Crippen LogP contribution is 2.45. The van der Waals surface area contributed by atoms with Gasteiger partial charge in [-0.1, -0.05) is 251 Å². The van der Waals surface area contributed by atoms with Gasteiger partial charge in [0.1, 0.15) is 19.3 Å². The summed E-state index contributed by atoms with van der Waals surface area (Å²) in [6.45, 7) is 4.39. The van der Waals surface area contributed by atoms with Gasteiger partial charge in [0.2, 0.25) is 0 Å². The van der Waals surface area contributed by atoms with Crippen LogP contribution in [0.3, 0.4) is 0 Å². The van der Waals surface area contributed by atoms with Crippen molar-refractivity contribution in [1.29, 1.82) is 0 Å². The normalized spacial score (nSPS) is 14.8. The summed E-state index contributed by atoms with van der Waals surface area (Å²) >= 11 is 0. The number of ether oxygens (including phenoxy) is 4. The van der Waals surface area contributed by atoms with Gasteiger partial charge in [0, 0.05) is 25.7 Å². The molecule has 17 nitrogen and oxygen atoms in total. The van der Waals surface area contributed by atoms with Crippen LogP contribution < -0.4 is 0 Å². The van der Waals surface area contributed by atoms with Gasteiger partial charge in [-0.15, -0.1) is 0 Å². The van der Waals surface area contributed by atoms with Gasteiger partial charge >= 0.3 is 39.5 Å². The number of hydrogen-bond acceptors (Lipinski definition) is 15. The Morgan fingerprint density at radius 3 is 0.850 bits per heavy atom. The number of hydrogen-bond donors (Lipinski definition) is 3. The topological polar surface area (TPSA) is 237 Å². The van der Waals surface area contributed by atoms with Crippen LogP contribution in [0.4, 0.5) is 0 Å². The first-order chi connectivity index (χ1) is 48.7. The first-order valence-electron chi connectivity index (χ1n) is 38.1. The van der Waals surface area contributed by atoms with E-state index < -0.39 is 97.5 Å². The summed E-state index contributed by atoms with van der Waals surface area (Å²) in [6.07, 6.45) is 81.3. The van der Waals surface area contributed by atoms with E-state index >= 15 is 0 Å². The molecule has 0 amide bonds. The van der Waals surface area contributed by atoms with Crippen molar-refractivity contribution in [2.45, 2.75) is 303 Å². The third-order valence-electron chi connectivity index (χ3n) is 15.3. The van der Waals surface area contributed by atoms with Crippen LogP contribution in [0.25, 0.3) is 0 Å². The van der Waals surface area contributed by atoms with E-state index in [9.17, 15) is 43.2 Å². The Morgan fingerprint density at radius 1 is 0.290 bits per heavy atom. The summed E-state index contributed by atoms with van der Waals surface area (Å²) in [6, 6.07) is 0. The van der Waals surface area contributed by atoms with E-state index in [2.05, 4.69) is 161 Å². The van der Waals surface area contributed by atoms with E-state index in [0.717, 1.165) is 173 Å². The summed E-state index contributed by atoms with van der Waals surface area (Å²) in [7, 11) is -9.99. The van der Waals surface area contributed by atoms with Gasteiger partial charge in [0.25, 0.3) is 0 Å². The Kier molecular flexibility index (Phi) is 68.6. The maximum Gasteiger partial charge on any atom is 0.472 e. The molecule has 0 bridgehead atoms. The quantitative estimate of drug-likeness (QED) is 0.0169. The first kappa shape index (κ1) is 94.9. The lowest BCUT2D eigenvalue weighted by atomic mass is 10.1. The molecule has 0 rings (SSSR count). The van der Waals surface area contributed by atoms with Gasteiger partial charge in [-0.3, -0.25) is 37.3 Å². The fourth-order valence-electron chi connectivity index (χ4n) is 9.57. The smallest absolute Gasteiger partial charge is 0.462 e. The van der Waals surface area contributed by atoms with Gasteiger partial charge in [-0.25, -0.2) is 9.13 Å². The molecule has 5 unspecified atom stereocenters. The fraction of sp³-hybridized carbons (Fsp3) is 0.654. The van der Waals surface area contributed by atoms with Crippen molar-refractivity contribution in [1.82, 2.24) is 0 Å². The van der Waals surface area contributed by atoms with Crippen molar-refractivity contribution in [2.75, 3.05) is 39.6 Å². The third kappa shape index (κ3) is 71.3. The van der Waals surface area contributed by atoms with Gasteiger partial charge in [-0.2, -0.15) is 0 Å². The molecule has 0 aliphatic rings. The van der Waals surface area contributed by atoms with E-state index in [0.29, 0.717) is 32.1 Å². The van der Waals surface area contributed by atoms with Crippen LogP contribution in [0.5, 0.6) is 0 Å². The monoisotopic (exact) mass is 1440 g/mol. The lowest BCUT2D eigenvalue weighted by Crippen LogP contribution is -2.30. The molecule has 0 spiro atoms. The minimum Gasteiger partial charge on any atom is -0.462 e. The molecule has 0 saturated carbocycles. The van der Waals surface area contributed by atoms with Crippen LogP contribution in [0, 0.1) is 0 Å². The molecule has 0 aliphatic carbocycles. The van der Waals surface area contributed by atoms with Crippen molar-refractivity contribution >= 4 is 39.5 Å². The highest BCUT2D eigenvalue weighted by molar-refractivity contribution is 7.47. The minimum atomic E-state index is -4.99. The molecular weight excluding hydrogens is 1310 g/mol. The summed E-state index contributed by atoms with van der Waals surface area (Å²) in [5.74, 6) is -2.30. The second-order valence-electron chi connectivity index (χ2n) is 24.8. The highest BCUT2D eigenvalue weighted by atomic mass is 31.2. The third-order valence-corrected chi connectivity index (χ3v) is 17.2. The van der Waals surface area contributed by atoms with Crippen LogP contribution in [0.15, 0.2) is 146 Å². The molecule has 570 valence electrons. The molecule has 3 N–H and O–H groups in total. The first-order valence-corrected chi connectivity index (χ1v) is 41.1. The molecule has 19 heteroatoms. The number of rotatable bonds is 70. The van der Waals surface area contributed by atoms with Gasteiger partial charge < -0.3 is 33.8 Å². The molecule has 0 aromatic rings. The Morgan fingerprint density at radius 2 is 0.530 bits per heavy atom. The van der Waals surface area contributed by atoms with E-state index in [4.69, 9.17) is 37.0 Å². The molecule has 0 aromatic heterocycles. The molecule has 0 fully saturated rings. The van der Waals surface area contributed by atoms with Gasteiger partial charge in [-0.05, 0) is 154 Å². The SMILES string of the molecule is CC/C=C\C/C=C\C/C=C\C/C=C\C/C=C\CCCC(=O)OCC(COP(=O)(O)OCC(O)COP(=O)(O)OCC(COC(=O)CCCCCCC/C=C\C/C=C\C/C=C\CC)OC(=O)CCCCCCC/C=C\C/C=C\C/C=C\CC)OC(=O)CCCCCCC/C=C\CCCCCC. The van der Waals surface area contributed by atoms with Crippen LogP contribution >= 0.6 is 15.6 Å². The van der Waals surface area contributed by atoms with Crippen LogP contribution in [0.2, 0.25) is 0 Å². The summed E-state index contributed by atoms with van der Waals surface area (Å²) in [5.41, 5.74) is 0. The predicted molar refractivity (Wildman–Crippen MR) is 408 cm³/mol. The Hall–Kier alpha value is -5.06. The molecule has 0 saturated heterocycles. The maximum atomic E-state index is 13.1. The standard InChI is InChI=1S/C81H134O17P2/c1-5-9-13-17-21-25-29-33-36-37-40-43-46-50-54-58-62-66-79(84)92-71-76(97-80(85)67-63-59-55-51-47-41-32-28-24-20-16-12-8-4)73-95-99(87,88)93-69-75(82)70-94-100(89,90)96-74-77(98-81(86)68-64-60-56-52-48-44-39-35-31-27-23-19-15-11-7-3)72-91-78(83)65-61-57-53-49-45-42-38-34-30-26-22-18-14-10-6-2/h9-11,13-15,21-23,25-28,32-36,38-40,43,50,54,75-77,82H,5-8,12,16-20,24,29-31,37,41-42,44-49,51-53,55-74H2,1-4H3,(H,87,88)(H,89,90)/b13-9-,14-10-,15-11-,25-21-,26-22-,27-23-,32-28-,36-33-,38-34-,39-35-,43-40-,54-50-. The maximum absolute atomic E-state index is 13.1. The highest BCUT2D eigenvalue weighted by Gasteiger charge is 2.30. The van der Waals surface area contributed by atoms with Gasteiger partial charge in [0.15, 0.2) is 12.2 Å². The summed E-state index contributed by atoms with van der Waals surface area (Å²) < 4.78 is 68.4. The molecule has 0 heterocycles. The number of allylic oxidation sites excluding steroid dienone is 24. The van der Waals surface area contributed by atoms with E-state index in [1.165, 1.54) is 25.7 Å². The summed E-state index contributed by atoms with van der Waals surface area (Å²) in [4.78, 5) is 72.9. The lowest BCUT2D eigenvalue weighted by Gasteiger charge is -2.21. The number of phosphoric acid groups is 2. The molecule has 5 atom stereocenters. The average molecular weight is 1440 g/mol. The second-order valence-corrected chi connectivity index (χ2v) is 27.7. The number of phosphoric ester groups is 2. The fourth-order valence-corrected chi connectivity index (χ4v) is 11.2. The van der Waals surface area contributed by atoms with Crippen molar-refractivity contribution in [3.63, 3.8) is 0 Å². The number of aliphatic hydroxyl groups excluding tert-OH is 1. The average Bonchev–Trinajstić information content (AvgIpc) is 0.965. The molecule has 100 heavy (non-hydrogen) atoms. The number of aliphatic hydroxyl groups is 1. The Labute approximate surface area is 605 Å². The van der Waals surface area contributed by atoms with Crippen molar-refractivity contribution < 1.29 is 80.2 Å². The summed E-state index contributed by atoms with van der Waals surface area (Å²) in [5, 5.41) is 10.6. The lowest BCUT2D eigenvalue weighted by molar-refractivity contribution is -0.161. The second kappa shape index (κ2) is 72.3. The van der Waals surface area contributed by atoms with Crippen molar-refractivity contribution in [2.24, 2.45) is 0 Å².